The summed E-state index contributed by atoms with van der Waals surface area (Å²) in [4.78, 5) is 11.2. The van der Waals surface area contributed by atoms with Crippen LogP contribution in [0.15, 0.2) is 0 Å². The lowest BCUT2D eigenvalue weighted by Crippen LogP contribution is -2.03. The third-order valence-electron chi connectivity index (χ3n) is 2.09. The van der Waals surface area contributed by atoms with E-state index in [4.69, 9.17) is 4.74 Å². The maximum absolute atomic E-state index is 11.2. The molecule has 0 atom stereocenters. The Morgan fingerprint density at radius 1 is 1.42 bits per heavy atom. The van der Waals surface area contributed by atoms with Gasteiger partial charge < -0.3 is 4.74 Å². The Morgan fingerprint density at radius 3 is 2.75 bits per heavy atom. The Kier molecular flexibility index (Phi) is 4.30. The molecule has 70 valence electrons. The molecule has 2 nitrogen and oxygen atoms in total. The van der Waals surface area contributed by atoms with E-state index in [2.05, 4.69) is 6.92 Å². The van der Waals surface area contributed by atoms with E-state index in [9.17, 15) is 4.79 Å². The topological polar surface area (TPSA) is 26.3 Å². The first-order valence-electron chi connectivity index (χ1n) is 4.95. The first-order valence-corrected chi connectivity index (χ1v) is 4.95. The molecule has 0 N–H and O–H groups in total. The molecular weight excluding hydrogens is 152 g/mol. The Labute approximate surface area is 74.3 Å². The lowest BCUT2D eigenvalue weighted by Gasteiger charge is -2.00. The predicted octanol–water partition coefficient (Wildman–Crippen LogP) is 2.17. The molecule has 0 radical (unpaired) electrons. The van der Waals surface area contributed by atoms with E-state index in [1.165, 1.54) is 0 Å². The van der Waals surface area contributed by atoms with Crippen molar-refractivity contribution >= 4 is 5.78 Å². The molecule has 1 aliphatic carbocycles. The molecule has 0 aromatic carbocycles. The molecule has 0 bridgehead atoms. The van der Waals surface area contributed by atoms with E-state index >= 15 is 0 Å². The summed E-state index contributed by atoms with van der Waals surface area (Å²) < 4.78 is 5.28. The van der Waals surface area contributed by atoms with Crippen molar-refractivity contribution in [1.29, 1.82) is 0 Å². The van der Waals surface area contributed by atoms with Crippen molar-refractivity contribution in [2.45, 2.75) is 39.0 Å². The second-order valence-electron chi connectivity index (χ2n) is 3.46. The van der Waals surface area contributed by atoms with Gasteiger partial charge in [0.15, 0.2) is 0 Å². The minimum Gasteiger partial charge on any atom is -0.381 e. The van der Waals surface area contributed by atoms with Crippen molar-refractivity contribution in [3.8, 4) is 0 Å². The van der Waals surface area contributed by atoms with E-state index in [1.807, 2.05) is 0 Å². The van der Waals surface area contributed by atoms with Crippen LogP contribution < -0.4 is 0 Å². The first-order chi connectivity index (χ1) is 5.84. The molecule has 0 heterocycles. The zero-order valence-electron chi connectivity index (χ0n) is 7.84. The van der Waals surface area contributed by atoms with Gasteiger partial charge in [-0.05, 0) is 25.7 Å². The highest BCUT2D eigenvalue weighted by Gasteiger charge is 2.28. The summed E-state index contributed by atoms with van der Waals surface area (Å²) >= 11 is 0. The summed E-state index contributed by atoms with van der Waals surface area (Å²) in [6.07, 6.45) is 4.98. The molecule has 0 aromatic rings. The standard InChI is InChI=1S/C10H18O2/c1-2-7-12-8-3-4-10(11)9-5-6-9/h9H,2-8H2,1H3. The van der Waals surface area contributed by atoms with Gasteiger partial charge in [-0.15, -0.1) is 0 Å². The lowest BCUT2D eigenvalue weighted by molar-refractivity contribution is -0.120. The molecular formula is C10H18O2. The van der Waals surface area contributed by atoms with Gasteiger partial charge in [-0.1, -0.05) is 6.92 Å². The second kappa shape index (κ2) is 5.31. The van der Waals surface area contributed by atoms with Crippen molar-refractivity contribution in [3.63, 3.8) is 0 Å². The summed E-state index contributed by atoms with van der Waals surface area (Å²) in [5.41, 5.74) is 0. The Bertz CT molecular complexity index is 139. The fraction of sp³-hybridized carbons (Fsp3) is 0.900. The Morgan fingerprint density at radius 2 is 2.17 bits per heavy atom. The van der Waals surface area contributed by atoms with Crippen LogP contribution in [0.5, 0.6) is 0 Å². The summed E-state index contributed by atoms with van der Waals surface area (Å²) in [7, 11) is 0. The van der Waals surface area contributed by atoms with Gasteiger partial charge in [0, 0.05) is 25.6 Å². The molecule has 12 heavy (non-hydrogen) atoms. The molecule has 1 fully saturated rings. The number of rotatable bonds is 7. The minimum atomic E-state index is 0.427. The third kappa shape index (κ3) is 3.86. The fourth-order valence-electron chi connectivity index (χ4n) is 1.20. The molecule has 0 amide bonds. The molecule has 0 saturated heterocycles. The molecule has 0 unspecified atom stereocenters. The van der Waals surface area contributed by atoms with Gasteiger partial charge in [0.1, 0.15) is 5.78 Å². The number of hydrogen-bond donors (Lipinski definition) is 0. The normalized spacial score (nSPS) is 16.4. The van der Waals surface area contributed by atoms with Crippen LogP contribution in [0.3, 0.4) is 0 Å². The smallest absolute Gasteiger partial charge is 0.136 e. The van der Waals surface area contributed by atoms with Gasteiger partial charge in [0.2, 0.25) is 0 Å². The van der Waals surface area contributed by atoms with Crippen molar-refractivity contribution in [2.24, 2.45) is 5.92 Å². The van der Waals surface area contributed by atoms with Crippen LogP contribution in [0.1, 0.15) is 39.0 Å². The zero-order valence-corrected chi connectivity index (χ0v) is 7.84. The van der Waals surface area contributed by atoms with Crippen molar-refractivity contribution in [1.82, 2.24) is 0 Å². The highest BCUT2D eigenvalue weighted by molar-refractivity contribution is 5.83. The van der Waals surface area contributed by atoms with Crippen LogP contribution >= 0.6 is 0 Å². The number of carbonyl (C=O) groups excluding carboxylic acids is 1. The molecule has 0 aromatic heterocycles. The van der Waals surface area contributed by atoms with Crippen LogP contribution in [0.2, 0.25) is 0 Å². The van der Waals surface area contributed by atoms with Crippen LogP contribution in [0.25, 0.3) is 0 Å². The molecule has 0 aliphatic heterocycles. The number of carbonyl (C=O) groups is 1. The van der Waals surface area contributed by atoms with E-state index < -0.39 is 0 Å². The molecule has 1 saturated carbocycles. The lowest BCUT2D eigenvalue weighted by atomic mass is 10.1. The van der Waals surface area contributed by atoms with Gasteiger partial charge in [-0.25, -0.2) is 0 Å². The van der Waals surface area contributed by atoms with Gasteiger partial charge in [-0.2, -0.15) is 0 Å². The average molecular weight is 170 g/mol. The molecule has 2 heteroatoms. The Hall–Kier alpha value is -0.370. The summed E-state index contributed by atoms with van der Waals surface area (Å²) in [5, 5.41) is 0. The van der Waals surface area contributed by atoms with Gasteiger partial charge >= 0.3 is 0 Å². The highest BCUT2D eigenvalue weighted by Crippen LogP contribution is 2.31. The van der Waals surface area contributed by atoms with E-state index in [-0.39, 0.29) is 0 Å². The maximum atomic E-state index is 11.2. The van der Waals surface area contributed by atoms with Crippen molar-refractivity contribution in [3.05, 3.63) is 0 Å². The van der Waals surface area contributed by atoms with Crippen LogP contribution in [-0.4, -0.2) is 19.0 Å². The van der Waals surface area contributed by atoms with Gasteiger partial charge in [-0.3, -0.25) is 4.79 Å². The van der Waals surface area contributed by atoms with E-state index in [0.717, 1.165) is 45.3 Å². The monoisotopic (exact) mass is 170 g/mol. The fourth-order valence-corrected chi connectivity index (χ4v) is 1.20. The second-order valence-corrected chi connectivity index (χ2v) is 3.46. The quantitative estimate of drug-likeness (QED) is 0.547. The van der Waals surface area contributed by atoms with Crippen molar-refractivity contribution < 1.29 is 9.53 Å². The average Bonchev–Trinajstić information content (AvgIpc) is 2.86. The summed E-state index contributed by atoms with van der Waals surface area (Å²) in [5.74, 6) is 0.881. The van der Waals surface area contributed by atoms with Crippen molar-refractivity contribution in [2.75, 3.05) is 13.2 Å². The number of ketones is 1. The molecule has 1 rings (SSSR count). The zero-order chi connectivity index (χ0) is 8.81. The SMILES string of the molecule is CCCOCCCC(=O)C1CC1. The van der Waals surface area contributed by atoms with E-state index in [0.29, 0.717) is 11.7 Å². The van der Waals surface area contributed by atoms with Crippen LogP contribution in [0.4, 0.5) is 0 Å². The number of ether oxygens (including phenoxy) is 1. The predicted molar refractivity (Wildman–Crippen MR) is 48.1 cm³/mol. The van der Waals surface area contributed by atoms with Crippen LogP contribution in [-0.2, 0) is 9.53 Å². The Balaban J connectivity index is 1.84. The number of hydrogen-bond acceptors (Lipinski definition) is 2. The molecule has 1 aliphatic rings. The first kappa shape index (κ1) is 9.72. The third-order valence-corrected chi connectivity index (χ3v) is 2.09. The van der Waals surface area contributed by atoms with Crippen LogP contribution in [0, 0.1) is 5.92 Å². The van der Waals surface area contributed by atoms with Gasteiger partial charge in [0.05, 0.1) is 0 Å². The largest absolute Gasteiger partial charge is 0.381 e. The minimum absolute atomic E-state index is 0.427. The van der Waals surface area contributed by atoms with E-state index in [1.54, 1.807) is 0 Å². The highest BCUT2D eigenvalue weighted by atomic mass is 16.5. The number of Topliss-reactive ketones (excluding diaryl/α,β-unsaturated/α-hetero) is 1. The molecule has 0 spiro atoms. The van der Waals surface area contributed by atoms with Gasteiger partial charge in [0.25, 0.3) is 0 Å². The summed E-state index contributed by atoms with van der Waals surface area (Å²) in [6.45, 7) is 3.68. The maximum Gasteiger partial charge on any atom is 0.136 e. The summed E-state index contributed by atoms with van der Waals surface area (Å²) in [6, 6.07) is 0.